The number of hydrogen-bond donors (Lipinski definition) is 2. The van der Waals surface area contributed by atoms with Gasteiger partial charge in [0.2, 0.25) is 0 Å². The van der Waals surface area contributed by atoms with Crippen molar-refractivity contribution < 1.29 is 21.6 Å². The van der Waals surface area contributed by atoms with Gasteiger partial charge in [0.15, 0.2) is 0 Å². The van der Waals surface area contributed by atoms with E-state index in [0.29, 0.717) is 6.07 Å². The number of nitrogen functional groups attached to an aromatic ring is 1. The van der Waals surface area contributed by atoms with Crippen LogP contribution in [0.1, 0.15) is 0 Å². The molecule has 0 radical (unpaired) electrons. The van der Waals surface area contributed by atoms with Crippen LogP contribution in [0.5, 0.6) is 0 Å². The molecule has 0 aliphatic carbocycles. The van der Waals surface area contributed by atoms with Gasteiger partial charge in [-0.1, -0.05) is 6.07 Å². The molecule has 2 aromatic carbocycles. The van der Waals surface area contributed by atoms with Crippen LogP contribution < -0.4 is 10.5 Å². The average Bonchev–Trinajstić information content (AvgIpc) is 2.33. The Bertz CT molecular complexity index is 743. The molecule has 0 fully saturated rings. The van der Waals surface area contributed by atoms with E-state index in [-0.39, 0.29) is 5.69 Å². The summed E-state index contributed by atoms with van der Waals surface area (Å²) in [6.45, 7) is 0. The van der Waals surface area contributed by atoms with E-state index in [1.807, 2.05) is 0 Å². The molecule has 0 bridgehead atoms. The van der Waals surface area contributed by atoms with Crippen molar-refractivity contribution in [2.24, 2.45) is 0 Å². The minimum absolute atomic E-state index is 0.339. The predicted octanol–water partition coefficient (Wildman–Crippen LogP) is 2.49. The van der Waals surface area contributed by atoms with Gasteiger partial charge in [-0.2, -0.15) is 0 Å². The Morgan fingerprint density at radius 1 is 1.00 bits per heavy atom. The predicted molar refractivity (Wildman–Crippen MR) is 68.0 cm³/mol. The SMILES string of the molecule is Nc1cccc(F)c1S(=O)(=O)Nc1cc(F)ccc1F. The molecule has 0 atom stereocenters. The molecule has 0 heterocycles. The molecule has 106 valence electrons. The maximum Gasteiger partial charge on any atom is 0.266 e. The number of sulfonamides is 1. The van der Waals surface area contributed by atoms with Crippen LogP contribution in [-0.2, 0) is 10.0 Å². The van der Waals surface area contributed by atoms with E-state index in [0.717, 1.165) is 18.2 Å². The third kappa shape index (κ3) is 2.69. The molecule has 4 nitrogen and oxygen atoms in total. The highest BCUT2D eigenvalue weighted by molar-refractivity contribution is 7.92. The lowest BCUT2D eigenvalue weighted by molar-refractivity contribution is 0.570. The lowest BCUT2D eigenvalue weighted by Crippen LogP contribution is -2.17. The van der Waals surface area contributed by atoms with Gasteiger partial charge in [-0.3, -0.25) is 4.72 Å². The van der Waals surface area contributed by atoms with Crippen molar-refractivity contribution in [3.8, 4) is 0 Å². The summed E-state index contributed by atoms with van der Waals surface area (Å²) in [5.41, 5.74) is 4.43. The molecular weight excluding hydrogens is 293 g/mol. The molecule has 0 aliphatic rings. The topological polar surface area (TPSA) is 72.2 Å². The molecule has 2 rings (SSSR count). The first kappa shape index (κ1) is 14.2. The minimum atomic E-state index is -4.47. The van der Waals surface area contributed by atoms with Crippen LogP contribution in [0.2, 0.25) is 0 Å². The third-order valence-corrected chi connectivity index (χ3v) is 3.90. The van der Waals surface area contributed by atoms with Gasteiger partial charge >= 0.3 is 0 Å². The second-order valence-electron chi connectivity index (χ2n) is 3.89. The molecule has 0 aromatic heterocycles. The van der Waals surface area contributed by atoms with Crippen LogP contribution in [-0.4, -0.2) is 8.42 Å². The van der Waals surface area contributed by atoms with Gasteiger partial charge in [-0.05, 0) is 24.3 Å². The van der Waals surface area contributed by atoms with Gasteiger partial charge in [-0.15, -0.1) is 0 Å². The lowest BCUT2D eigenvalue weighted by atomic mass is 10.3. The van der Waals surface area contributed by atoms with E-state index in [9.17, 15) is 21.6 Å². The normalized spacial score (nSPS) is 11.3. The highest BCUT2D eigenvalue weighted by Crippen LogP contribution is 2.25. The number of anilines is 2. The van der Waals surface area contributed by atoms with Crippen molar-refractivity contribution in [3.05, 3.63) is 53.8 Å². The Balaban J connectivity index is 2.49. The number of halogens is 3. The maximum atomic E-state index is 13.6. The van der Waals surface area contributed by atoms with Crippen LogP contribution in [0, 0.1) is 17.5 Å². The zero-order chi connectivity index (χ0) is 14.9. The average molecular weight is 302 g/mol. The molecule has 0 saturated carbocycles. The van der Waals surface area contributed by atoms with Crippen molar-refractivity contribution in [2.45, 2.75) is 4.90 Å². The van der Waals surface area contributed by atoms with E-state index in [1.165, 1.54) is 12.1 Å². The van der Waals surface area contributed by atoms with E-state index >= 15 is 0 Å². The molecule has 0 unspecified atom stereocenters. The number of rotatable bonds is 3. The van der Waals surface area contributed by atoms with Gasteiger partial charge in [0.1, 0.15) is 22.3 Å². The molecule has 0 saturated heterocycles. The van der Waals surface area contributed by atoms with Gasteiger partial charge in [0, 0.05) is 6.07 Å². The summed E-state index contributed by atoms with van der Waals surface area (Å²) < 4.78 is 65.7. The van der Waals surface area contributed by atoms with Crippen molar-refractivity contribution in [2.75, 3.05) is 10.5 Å². The molecule has 3 N–H and O–H groups in total. The minimum Gasteiger partial charge on any atom is -0.398 e. The van der Waals surface area contributed by atoms with Gasteiger partial charge in [-0.25, -0.2) is 21.6 Å². The Kier molecular flexibility index (Phi) is 3.58. The van der Waals surface area contributed by atoms with Crippen molar-refractivity contribution >= 4 is 21.4 Å². The number of benzene rings is 2. The molecular formula is C12H9F3N2O2S. The molecule has 0 aliphatic heterocycles. The van der Waals surface area contributed by atoms with E-state index < -0.39 is 38.1 Å². The van der Waals surface area contributed by atoms with Gasteiger partial charge < -0.3 is 5.73 Å². The fourth-order valence-electron chi connectivity index (χ4n) is 1.58. The first-order valence-corrected chi connectivity index (χ1v) is 6.81. The monoisotopic (exact) mass is 302 g/mol. The van der Waals surface area contributed by atoms with Gasteiger partial charge in [0.05, 0.1) is 11.4 Å². The fraction of sp³-hybridized carbons (Fsp3) is 0. The van der Waals surface area contributed by atoms with Crippen LogP contribution in [0.15, 0.2) is 41.3 Å². The fourth-order valence-corrected chi connectivity index (χ4v) is 2.83. The van der Waals surface area contributed by atoms with Crippen LogP contribution in [0.3, 0.4) is 0 Å². The third-order valence-electron chi connectivity index (χ3n) is 2.44. The first-order valence-electron chi connectivity index (χ1n) is 5.33. The smallest absolute Gasteiger partial charge is 0.266 e. The standard InChI is InChI=1S/C12H9F3N2O2S/c13-7-4-5-8(14)11(6-7)17-20(18,19)12-9(15)2-1-3-10(12)16/h1-6,17H,16H2. The Morgan fingerprint density at radius 2 is 1.70 bits per heavy atom. The first-order chi connectivity index (χ1) is 9.31. The highest BCUT2D eigenvalue weighted by atomic mass is 32.2. The summed E-state index contributed by atoms with van der Waals surface area (Å²) in [4.78, 5) is -0.816. The largest absolute Gasteiger partial charge is 0.398 e. The zero-order valence-corrected chi connectivity index (χ0v) is 10.7. The van der Waals surface area contributed by atoms with Crippen LogP contribution in [0.25, 0.3) is 0 Å². The summed E-state index contributed by atoms with van der Waals surface area (Å²) in [6, 6.07) is 5.52. The second kappa shape index (κ2) is 5.04. The van der Waals surface area contributed by atoms with Crippen molar-refractivity contribution in [3.63, 3.8) is 0 Å². The van der Waals surface area contributed by atoms with Gasteiger partial charge in [0.25, 0.3) is 10.0 Å². The highest BCUT2D eigenvalue weighted by Gasteiger charge is 2.23. The number of hydrogen-bond acceptors (Lipinski definition) is 3. The summed E-state index contributed by atoms with van der Waals surface area (Å²) >= 11 is 0. The quantitative estimate of drug-likeness (QED) is 0.856. The summed E-state index contributed by atoms with van der Waals surface area (Å²) in [5, 5.41) is 0. The molecule has 0 spiro atoms. The van der Waals surface area contributed by atoms with E-state index in [2.05, 4.69) is 0 Å². The summed E-state index contributed by atoms with van der Waals surface area (Å²) in [7, 11) is -4.47. The molecule has 8 heteroatoms. The van der Waals surface area contributed by atoms with Crippen LogP contribution >= 0.6 is 0 Å². The second-order valence-corrected chi connectivity index (χ2v) is 5.51. The number of nitrogens with one attached hydrogen (secondary N) is 1. The molecule has 0 amide bonds. The van der Waals surface area contributed by atoms with E-state index in [4.69, 9.17) is 5.73 Å². The number of nitrogens with two attached hydrogens (primary N) is 1. The summed E-state index contributed by atoms with van der Waals surface area (Å²) in [5.74, 6) is -2.93. The Morgan fingerprint density at radius 3 is 2.35 bits per heavy atom. The maximum absolute atomic E-state index is 13.6. The van der Waals surface area contributed by atoms with E-state index in [1.54, 1.807) is 4.72 Å². The van der Waals surface area contributed by atoms with Crippen molar-refractivity contribution in [1.29, 1.82) is 0 Å². The summed E-state index contributed by atoms with van der Waals surface area (Å²) in [6.07, 6.45) is 0. The van der Waals surface area contributed by atoms with Crippen LogP contribution in [0.4, 0.5) is 24.5 Å². The van der Waals surface area contributed by atoms with Crippen molar-refractivity contribution in [1.82, 2.24) is 0 Å². The molecule has 20 heavy (non-hydrogen) atoms. The Labute approximate surface area is 113 Å². The Hall–Kier alpha value is -2.22. The lowest BCUT2D eigenvalue weighted by Gasteiger charge is -2.11. The molecule has 2 aromatic rings. The zero-order valence-electron chi connectivity index (χ0n) is 9.90.